The van der Waals surface area contributed by atoms with Crippen LogP contribution in [0.5, 0.6) is 0 Å². The van der Waals surface area contributed by atoms with Gasteiger partial charge in [0.1, 0.15) is 0 Å². The number of benzene rings is 1. The van der Waals surface area contributed by atoms with E-state index in [0.29, 0.717) is 12.1 Å². The molecule has 7 heteroatoms. The highest BCUT2D eigenvalue weighted by molar-refractivity contribution is 5.94. The van der Waals surface area contributed by atoms with Crippen LogP contribution in [0.4, 0.5) is 13.2 Å². The molecule has 2 atom stereocenters. The van der Waals surface area contributed by atoms with Gasteiger partial charge in [-0.05, 0) is 12.1 Å². The second kappa shape index (κ2) is 4.58. The first-order valence-electron chi connectivity index (χ1n) is 5.20. The maximum absolute atomic E-state index is 13.0. The van der Waals surface area contributed by atoms with Crippen LogP contribution in [0.25, 0.3) is 0 Å². The summed E-state index contributed by atoms with van der Waals surface area (Å²) in [6, 6.07) is 1.16. The summed E-state index contributed by atoms with van der Waals surface area (Å²) in [7, 11) is 0. The molecule has 0 radical (unpaired) electrons. The number of nitrogens with zero attached hydrogens (tertiary/aromatic N) is 1. The average Bonchev–Trinajstić information content (AvgIpc) is 2.65. The number of carbonyl (C=O) groups excluding carboxylic acids is 1. The lowest BCUT2D eigenvalue weighted by Gasteiger charge is -2.15. The summed E-state index contributed by atoms with van der Waals surface area (Å²) >= 11 is 0. The van der Waals surface area contributed by atoms with Crippen LogP contribution in [-0.2, 0) is 0 Å². The van der Waals surface area contributed by atoms with Crippen LogP contribution >= 0.6 is 0 Å². The van der Waals surface area contributed by atoms with Gasteiger partial charge in [-0.2, -0.15) is 0 Å². The van der Waals surface area contributed by atoms with Crippen molar-refractivity contribution >= 4 is 5.91 Å². The summed E-state index contributed by atoms with van der Waals surface area (Å²) in [6.07, 6.45) is -2.19. The third kappa shape index (κ3) is 2.19. The van der Waals surface area contributed by atoms with E-state index >= 15 is 0 Å². The van der Waals surface area contributed by atoms with Crippen LogP contribution < -0.4 is 0 Å². The zero-order chi connectivity index (χ0) is 13.4. The van der Waals surface area contributed by atoms with E-state index in [1.54, 1.807) is 0 Å². The first-order chi connectivity index (χ1) is 8.40. The molecule has 1 amide bonds. The maximum atomic E-state index is 13.0. The molecule has 1 aromatic carbocycles. The number of carbonyl (C=O) groups is 1. The Hall–Kier alpha value is -1.60. The zero-order valence-corrected chi connectivity index (χ0v) is 9.11. The second-order valence-corrected chi connectivity index (χ2v) is 4.10. The van der Waals surface area contributed by atoms with Gasteiger partial charge >= 0.3 is 0 Å². The molecule has 1 aliphatic heterocycles. The molecule has 2 rings (SSSR count). The fourth-order valence-corrected chi connectivity index (χ4v) is 1.80. The lowest BCUT2D eigenvalue weighted by atomic mass is 10.2. The summed E-state index contributed by atoms with van der Waals surface area (Å²) in [4.78, 5) is 12.8. The highest BCUT2D eigenvalue weighted by Crippen LogP contribution is 2.18. The molecule has 1 aromatic rings. The Balaban J connectivity index is 2.25. The van der Waals surface area contributed by atoms with E-state index in [9.17, 15) is 28.2 Å². The van der Waals surface area contributed by atoms with Gasteiger partial charge in [-0.3, -0.25) is 4.79 Å². The molecule has 1 saturated heterocycles. The lowest BCUT2D eigenvalue weighted by molar-refractivity contribution is 0.0572. The normalized spacial score (nSPS) is 23.5. The molecule has 1 fully saturated rings. The van der Waals surface area contributed by atoms with Crippen molar-refractivity contribution in [1.29, 1.82) is 0 Å². The van der Waals surface area contributed by atoms with Crippen LogP contribution in [0.2, 0.25) is 0 Å². The minimum absolute atomic E-state index is 0.138. The summed E-state index contributed by atoms with van der Waals surface area (Å²) in [5.41, 5.74) is -0.368. The maximum Gasteiger partial charge on any atom is 0.254 e. The third-order valence-electron chi connectivity index (χ3n) is 2.78. The van der Waals surface area contributed by atoms with Gasteiger partial charge in [-0.15, -0.1) is 0 Å². The van der Waals surface area contributed by atoms with Crippen LogP contribution in [-0.4, -0.2) is 46.3 Å². The number of amides is 1. The SMILES string of the molecule is O=C(c1cc(F)c(F)c(F)c1)N1CC(O)C(O)C1. The third-order valence-corrected chi connectivity index (χ3v) is 2.78. The largest absolute Gasteiger partial charge is 0.388 e. The van der Waals surface area contributed by atoms with Crippen molar-refractivity contribution in [1.82, 2.24) is 4.90 Å². The molecule has 18 heavy (non-hydrogen) atoms. The van der Waals surface area contributed by atoms with Gasteiger partial charge in [0.25, 0.3) is 5.91 Å². The molecule has 0 bridgehead atoms. The minimum atomic E-state index is -1.65. The Kier molecular flexibility index (Phi) is 3.27. The highest BCUT2D eigenvalue weighted by atomic mass is 19.2. The number of aliphatic hydroxyl groups excluding tert-OH is 2. The number of likely N-dealkylation sites (tertiary alicyclic amines) is 1. The molecule has 4 nitrogen and oxygen atoms in total. The van der Waals surface area contributed by atoms with Crippen molar-refractivity contribution in [2.24, 2.45) is 0 Å². The van der Waals surface area contributed by atoms with Crippen LogP contribution in [0, 0.1) is 17.5 Å². The van der Waals surface area contributed by atoms with E-state index in [2.05, 4.69) is 0 Å². The van der Waals surface area contributed by atoms with Crippen molar-refractivity contribution in [2.75, 3.05) is 13.1 Å². The fraction of sp³-hybridized carbons (Fsp3) is 0.364. The summed E-state index contributed by atoms with van der Waals surface area (Å²) in [6.45, 7) is -0.277. The molecule has 2 N–H and O–H groups in total. The molecule has 0 aliphatic carbocycles. The van der Waals surface area contributed by atoms with E-state index < -0.39 is 35.6 Å². The number of aliphatic hydroxyl groups is 2. The lowest BCUT2D eigenvalue weighted by Crippen LogP contribution is -2.30. The summed E-state index contributed by atoms with van der Waals surface area (Å²) < 4.78 is 38.6. The Morgan fingerprint density at radius 1 is 1.11 bits per heavy atom. The van der Waals surface area contributed by atoms with Crippen LogP contribution in [0.15, 0.2) is 12.1 Å². The monoisotopic (exact) mass is 261 g/mol. The second-order valence-electron chi connectivity index (χ2n) is 4.10. The van der Waals surface area contributed by atoms with E-state index in [-0.39, 0.29) is 18.7 Å². The fourth-order valence-electron chi connectivity index (χ4n) is 1.80. The van der Waals surface area contributed by atoms with Gasteiger partial charge < -0.3 is 15.1 Å². The predicted octanol–water partition coefficient (Wildman–Crippen LogP) is 0.281. The first kappa shape index (κ1) is 12.8. The smallest absolute Gasteiger partial charge is 0.254 e. The number of hydrogen-bond acceptors (Lipinski definition) is 3. The minimum Gasteiger partial charge on any atom is -0.388 e. The molecule has 98 valence electrons. The van der Waals surface area contributed by atoms with Gasteiger partial charge in [0, 0.05) is 18.7 Å². The Labute approximate surface area is 100 Å². The Morgan fingerprint density at radius 3 is 2.00 bits per heavy atom. The number of hydrogen-bond donors (Lipinski definition) is 2. The molecule has 0 saturated carbocycles. The van der Waals surface area contributed by atoms with Crippen molar-refractivity contribution in [3.05, 3.63) is 35.1 Å². The van der Waals surface area contributed by atoms with E-state index in [1.807, 2.05) is 0 Å². The topological polar surface area (TPSA) is 60.8 Å². The van der Waals surface area contributed by atoms with Crippen molar-refractivity contribution in [3.8, 4) is 0 Å². The first-order valence-corrected chi connectivity index (χ1v) is 5.20. The van der Waals surface area contributed by atoms with Crippen LogP contribution in [0.1, 0.15) is 10.4 Å². The zero-order valence-electron chi connectivity index (χ0n) is 9.11. The molecular weight excluding hydrogens is 251 g/mol. The molecule has 0 spiro atoms. The molecule has 1 heterocycles. The molecular formula is C11H10F3NO3. The Morgan fingerprint density at radius 2 is 1.56 bits per heavy atom. The van der Waals surface area contributed by atoms with Crippen molar-refractivity contribution in [3.63, 3.8) is 0 Å². The molecule has 0 aromatic heterocycles. The highest BCUT2D eigenvalue weighted by Gasteiger charge is 2.33. The number of rotatable bonds is 1. The van der Waals surface area contributed by atoms with Crippen molar-refractivity contribution in [2.45, 2.75) is 12.2 Å². The van der Waals surface area contributed by atoms with E-state index in [1.165, 1.54) is 0 Å². The van der Waals surface area contributed by atoms with E-state index in [4.69, 9.17) is 0 Å². The average molecular weight is 261 g/mol. The Bertz CT molecular complexity index is 461. The van der Waals surface area contributed by atoms with Gasteiger partial charge in [-0.1, -0.05) is 0 Å². The van der Waals surface area contributed by atoms with Gasteiger partial charge in [-0.25, -0.2) is 13.2 Å². The van der Waals surface area contributed by atoms with Gasteiger partial charge in [0.2, 0.25) is 0 Å². The van der Waals surface area contributed by atoms with Gasteiger partial charge in [0.15, 0.2) is 17.5 Å². The van der Waals surface area contributed by atoms with Crippen LogP contribution in [0.3, 0.4) is 0 Å². The van der Waals surface area contributed by atoms with Gasteiger partial charge in [0.05, 0.1) is 12.2 Å². The number of halogens is 3. The van der Waals surface area contributed by atoms with Crippen molar-refractivity contribution < 1.29 is 28.2 Å². The predicted molar refractivity (Wildman–Crippen MR) is 54.2 cm³/mol. The number of β-amino-alcohol motifs (C(OH)–C–C–N with tert-alkyl or cyclic N) is 2. The quantitative estimate of drug-likeness (QED) is 0.714. The summed E-state index contributed by atoms with van der Waals surface area (Å²) in [5.74, 6) is -5.34. The van der Waals surface area contributed by atoms with E-state index in [0.717, 1.165) is 4.90 Å². The molecule has 1 aliphatic rings. The molecule has 2 unspecified atom stereocenters. The standard InChI is InChI=1S/C11H10F3NO3/c12-6-1-5(2-7(13)10(6)14)11(18)15-3-8(16)9(17)4-15/h1-2,8-9,16-17H,3-4H2. The summed E-state index contributed by atoms with van der Waals surface area (Å²) in [5, 5.41) is 18.5.